The predicted molar refractivity (Wildman–Crippen MR) is 147 cm³/mol. The summed E-state index contributed by atoms with van der Waals surface area (Å²) in [7, 11) is -4.39. The number of hydrogen-bond donors (Lipinski definition) is 2. The monoisotopic (exact) mass is 554 g/mol. The first-order valence-electron chi connectivity index (χ1n) is 14.1. The Morgan fingerprint density at radius 1 is 0.861 bits per heavy atom. The van der Waals surface area contributed by atoms with E-state index in [0.29, 0.717) is 25.2 Å². The summed E-state index contributed by atoms with van der Waals surface area (Å²) in [4.78, 5) is 22.4. The molecule has 8 nitrogen and oxygen atoms in total. The summed E-state index contributed by atoms with van der Waals surface area (Å²) in [5.41, 5.74) is 5.27. The van der Waals surface area contributed by atoms with E-state index in [1.165, 1.54) is 83.5 Å². The lowest BCUT2D eigenvalue weighted by Gasteiger charge is -2.25. The highest BCUT2D eigenvalue weighted by Gasteiger charge is 2.16. The molecule has 0 spiro atoms. The van der Waals surface area contributed by atoms with Gasteiger partial charge >= 0.3 is 5.97 Å². The van der Waals surface area contributed by atoms with Gasteiger partial charge in [-0.25, -0.2) is 0 Å². The van der Waals surface area contributed by atoms with Gasteiger partial charge in [-0.3, -0.25) is 9.36 Å². The molecule has 0 bridgehead atoms. The minimum Gasteiger partial charge on any atom is -0.756 e. The summed E-state index contributed by atoms with van der Waals surface area (Å²) >= 11 is 1.73. The van der Waals surface area contributed by atoms with Crippen LogP contribution in [-0.4, -0.2) is 55.1 Å². The number of rotatable bonds is 29. The van der Waals surface area contributed by atoms with Crippen molar-refractivity contribution >= 4 is 25.6 Å². The van der Waals surface area contributed by atoms with Gasteiger partial charge in [0.25, 0.3) is 7.82 Å². The van der Waals surface area contributed by atoms with Gasteiger partial charge in [0, 0.05) is 25.3 Å². The normalized spacial score (nSPS) is 14.1. The van der Waals surface area contributed by atoms with E-state index < -0.39 is 19.9 Å². The zero-order valence-electron chi connectivity index (χ0n) is 22.7. The lowest BCUT2D eigenvalue weighted by Crippen LogP contribution is -2.25. The third-order valence-corrected chi connectivity index (χ3v) is 8.02. The first-order valence-corrected chi connectivity index (χ1v) is 16.7. The van der Waals surface area contributed by atoms with Crippen molar-refractivity contribution in [3.8, 4) is 0 Å². The molecule has 36 heavy (non-hydrogen) atoms. The Morgan fingerprint density at radius 3 is 1.94 bits per heavy atom. The Morgan fingerprint density at radius 2 is 1.42 bits per heavy atom. The van der Waals surface area contributed by atoms with Gasteiger partial charge in [0.15, 0.2) is 0 Å². The van der Waals surface area contributed by atoms with Gasteiger partial charge < -0.3 is 29.5 Å². The zero-order chi connectivity index (χ0) is 26.7. The second kappa shape index (κ2) is 26.5. The summed E-state index contributed by atoms with van der Waals surface area (Å²) < 4.78 is 27.2. The molecule has 0 saturated heterocycles. The van der Waals surface area contributed by atoms with Crippen molar-refractivity contribution in [2.24, 2.45) is 5.73 Å². The molecule has 3 N–H and O–H groups in total. The Hall–Kier alpha value is -0.150. The third-order valence-electron chi connectivity index (χ3n) is 5.87. The highest BCUT2D eigenvalue weighted by atomic mass is 32.2. The van der Waals surface area contributed by atoms with E-state index >= 15 is 0 Å². The number of carboxylic acid groups (broad SMARTS) is 1. The van der Waals surface area contributed by atoms with Gasteiger partial charge in [-0.1, -0.05) is 90.4 Å². The van der Waals surface area contributed by atoms with Gasteiger partial charge in [-0.15, -0.1) is 0 Å². The topological polar surface area (TPSA) is 131 Å². The van der Waals surface area contributed by atoms with Gasteiger partial charge in [-0.2, -0.15) is 11.8 Å². The largest absolute Gasteiger partial charge is 0.756 e. The fraction of sp³-hybridized carbons (Fsp3) is 0.962. The number of carboxylic acids is 1. The molecule has 0 radical (unpaired) electrons. The number of thioether (sulfide) groups is 1. The number of carbonyl (C=O) groups is 1. The first-order chi connectivity index (χ1) is 17.4. The minimum atomic E-state index is -4.39. The summed E-state index contributed by atoms with van der Waals surface area (Å²) in [5.74, 6) is 0.784. The van der Waals surface area contributed by atoms with Crippen LogP contribution < -0.4 is 10.6 Å². The van der Waals surface area contributed by atoms with Crippen LogP contribution in [0.5, 0.6) is 0 Å². The number of hydrogen-bond acceptors (Lipinski definition) is 8. The fourth-order valence-corrected chi connectivity index (χ4v) is 5.54. The Labute approximate surface area is 224 Å². The second-order valence-corrected chi connectivity index (χ2v) is 11.9. The highest BCUT2D eigenvalue weighted by molar-refractivity contribution is 7.99. The number of phosphoric acid groups is 1. The molecular weight excluding hydrogens is 501 g/mol. The molecule has 0 aromatic carbocycles. The maximum Gasteiger partial charge on any atom is 0.303 e. The molecular formula is C26H53NO7PS-. The molecule has 0 rings (SSSR count). The maximum absolute atomic E-state index is 11.8. The highest BCUT2D eigenvalue weighted by Crippen LogP contribution is 2.38. The lowest BCUT2D eigenvalue weighted by atomic mass is 10.0. The fourth-order valence-electron chi connectivity index (χ4n) is 3.76. The molecule has 10 heteroatoms. The summed E-state index contributed by atoms with van der Waals surface area (Å²) in [6.45, 7) is 2.49. The Kier molecular flexibility index (Phi) is 26.3. The molecule has 0 heterocycles. The Bertz CT molecular complexity index is 542. The summed E-state index contributed by atoms with van der Waals surface area (Å²) in [5, 5.41) is 8.72. The van der Waals surface area contributed by atoms with Crippen LogP contribution in [0, 0.1) is 0 Å². The molecule has 0 amide bonds. The lowest BCUT2D eigenvalue weighted by molar-refractivity contribution is -0.227. The molecule has 0 aromatic heterocycles. The van der Waals surface area contributed by atoms with Crippen molar-refractivity contribution in [3.63, 3.8) is 0 Å². The van der Waals surface area contributed by atoms with Crippen molar-refractivity contribution in [1.29, 1.82) is 0 Å². The molecule has 2 unspecified atom stereocenters. The van der Waals surface area contributed by atoms with Crippen molar-refractivity contribution < 1.29 is 33.1 Å². The number of nitrogens with two attached hydrogens (primary N) is 1. The van der Waals surface area contributed by atoms with Crippen LogP contribution in [0.1, 0.15) is 116 Å². The summed E-state index contributed by atoms with van der Waals surface area (Å²) in [6.07, 6.45) is 19.5. The molecule has 0 aliphatic heterocycles. The molecule has 0 fully saturated rings. The SMILES string of the molecule is CCCCCCCCCCCCCCCCSCC(COP(=O)([O-])OCCN)OCCCCC(=O)O. The molecule has 0 aliphatic rings. The Balaban J connectivity index is 3.85. The van der Waals surface area contributed by atoms with Crippen LogP contribution in [0.3, 0.4) is 0 Å². The van der Waals surface area contributed by atoms with Crippen LogP contribution in [-0.2, 0) is 23.1 Å². The van der Waals surface area contributed by atoms with Crippen LogP contribution in [0.4, 0.5) is 0 Å². The van der Waals surface area contributed by atoms with Crippen molar-refractivity contribution in [3.05, 3.63) is 0 Å². The van der Waals surface area contributed by atoms with Gasteiger partial charge in [-0.05, 0) is 25.0 Å². The van der Waals surface area contributed by atoms with E-state index in [1.54, 1.807) is 11.8 Å². The van der Waals surface area contributed by atoms with Crippen molar-refractivity contribution in [1.82, 2.24) is 0 Å². The molecule has 216 valence electrons. The van der Waals surface area contributed by atoms with Crippen LogP contribution >= 0.6 is 19.6 Å². The van der Waals surface area contributed by atoms with E-state index in [-0.39, 0.29) is 26.2 Å². The minimum absolute atomic E-state index is 0.0914. The predicted octanol–water partition coefficient (Wildman–Crippen LogP) is 6.30. The van der Waals surface area contributed by atoms with E-state index in [9.17, 15) is 14.3 Å². The van der Waals surface area contributed by atoms with E-state index in [2.05, 4.69) is 11.4 Å². The van der Waals surface area contributed by atoms with Gasteiger partial charge in [0.05, 0.1) is 19.3 Å². The average molecular weight is 555 g/mol. The quantitative estimate of drug-likeness (QED) is 0.0807. The first kappa shape index (κ1) is 35.9. The number of phosphoric ester groups is 1. The summed E-state index contributed by atoms with van der Waals surface area (Å²) in [6, 6.07) is 0. The second-order valence-electron chi connectivity index (χ2n) is 9.38. The van der Waals surface area contributed by atoms with Gasteiger partial charge in [0.1, 0.15) is 0 Å². The standard InChI is InChI=1S/C26H54NO7PS/c1-2-3-4-5-6-7-8-9-10-11-12-13-14-17-22-36-24-25(32-20-16-15-18-26(28)29)23-34-35(30,31)33-21-19-27/h25H,2-24,27H2,1H3,(H,28,29)(H,30,31)/p-1. The van der Waals surface area contributed by atoms with Crippen LogP contribution in [0.15, 0.2) is 0 Å². The number of ether oxygens (including phenoxy) is 1. The number of unbranched alkanes of at least 4 members (excludes halogenated alkanes) is 14. The zero-order valence-corrected chi connectivity index (χ0v) is 24.4. The van der Waals surface area contributed by atoms with Crippen LogP contribution in [0.2, 0.25) is 0 Å². The van der Waals surface area contributed by atoms with Crippen molar-refractivity contribution in [2.75, 3.05) is 37.9 Å². The average Bonchev–Trinajstić information content (AvgIpc) is 2.84. The van der Waals surface area contributed by atoms with E-state index in [0.717, 1.165) is 12.2 Å². The molecule has 2 atom stereocenters. The number of aliphatic carboxylic acids is 1. The maximum atomic E-state index is 11.8. The van der Waals surface area contributed by atoms with E-state index in [4.69, 9.17) is 20.1 Å². The molecule has 0 aromatic rings. The van der Waals surface area contributed by atoms with Crippen LogP contribution in [0.25, 0.3) is 0 Å². The smallest absolute Gasteiger partial charge is 0.303 e. The van der Waals surface area contributed by atoms with E-state index in [1.807, 2.05) is 0 Å². The molecule has 0 saturated carbocycles. The molecule has 0 aliphatic carbocycles. The van der Waals surface area contributed by atoms with Crippen molar-refractivity contribution in [2.45, 2.75) is 122 Å². The van der Waals surface area contributed by atoms with Gasteiger partial charge in [0.2, 0.25) is 0 Å². The third kappa shape index (κ3) is 26.9.